The predicted octanol–water partition coefficient (Wildman–Crippen LogP) is 5.01. The summed E-state index contributed by atoms with van der Waals surface area (Å²) in [7, 11) is 0. The first-order chi connectivity index (χ1) is 7.35. The van der Waals surface area contributed by atoms with Crippen LogP contribution in [0.3, 0.4) is 0 Å². The van der Waals surface area contributed by atoms with Crippen molar-refractivity contribution in [2.75, 3.05) is 6.54 Å². The van der Waals surface area contributed by atoms with Crippen LogP contribution in [0.2, 0.25) is 0 Å². The molecule has 1 nitrogen and oxygen atoms in total. The van der Waals surface area contributed by atoms with Gasteiger partial charge < -0.3 is 5.32 Å². The topological polar surface area (TPSA) is 12.0 Å². The molecule has 0 heterocycles. The van der Waals surface area contributed by atoms with Gasteiger partial charge in [0.05, 0.1) is 0 Å². The SMILES string of the molecule is CC.CC.CCCCCC(CC)NCC. The lowest BCUT2D eigenvalue weighted by Gasteiger charge is -2.14. The maximum atomic E-state index is 3.49. The van der Waals surface area contributed by atoms with E-state index in [0.717, 1.165) is 12.6 Å². The first-order valence-corrected chi connectivity index (χ1v) is 7.08. The smallest absolute Gasteiger partial charge is 0.00643 e. The molecule has 15 heavy (non-hydrogen) atoms. The van der Waals surface area contributed by atoms with Gasteiger partial charge in [0.15, 0.2) is 0 Å². The molecule has 0 aliphatic carbocycles. The summed E-state index contributed by atoms with van der Waals surface area (Å²) in [6.45, 7) is 15.8. The van der Waals surface area contributed by atoms with Crippen molar-refractivity contribution in [3.63, 3.8) is 0 Å². The van der Waals surface area contributed by atoms with Crippen LogP contribution >= 0.6 is 0 Å². The van der Waals surface area contributed by atoms with E-state index in [9.17, 15) is 0 Å². The Labute approximate surface area is 99.0 Å². The van der Waals surface area contributed by atoms with E-state index in [4.69, 9.17) is 0 Å². The zero-order valence-corrected chi connectivity index (χ0v) is 12.3. The van der Waals surface area contributed by atoms with Gasteiger partial charge in [-0.25, -0.2) is 0 Å². The Morgan fingerprint density at radius 3 is 1.73 bits per heavy atom. The van der Waals surface area contributed by atoms with Gasteiger partial charge in [0.1, 0.15) is 0 Å². The minimum Gasteiger partial charge on any atom is -0.314 e. The Bertz CT molecular complexity index is 71.7. The maximum Gasteiger partial charge on any atom is 0.00643 e. The van der Waals surface area contributed by atoms with Crippen molar-refractivity contribution in [2.45, 2.75) is 86.6 Å². The van der Waals surface area contributed by atoms with Crippen molar-refractivity contribution in [1.29, 1.82) is 0 Å². The van der Waals surface area contributed by atoms with Crippen LogP contribution in [-0.4, -0.2) is 12.6 Å². The third kappa shape index (κ3) is 20.1. The predicted molar refractivity (Wildman–Crippen MR) is 74.6 cm³/mol. The summed E-state index contributed by atoms with van der Waals surface area (Å²) < 4.78 is 0. The lowest BCUT2D eigenvalue weighted by molar-refractivity contribution is 0.458. The zero-order valence-electron chi connectivity index (χ0n) is 12.3. The molecule has 1 atom stereocenters. The summed E-state index contributed by atoms with van der Waals surface area (Å²) >= 11 is 0. The van der Waals surface area contributed by atoms with Gasteiger partial charge >= 0.3 is 0 Å². The van der Waals surface area contributed by atoms with E-state index in [1.54, 1.807) is 0 Å². The molecule has 96 valence electrons. The number of nitrogens with one attached hydrogen (secondary N) is 1. The van der Waals surface area contributed by atoms with Crippen LogP contribution in [0.4, 0.5) is 0 Å². The van der Waals surface area contributed by atoms with E-state index >= 15 is 0 Å². The second-order valence-corrected chi connectivity index (χ2v) is 3.16. The van der Waals surface area contributed by atoms with Crippen molar-refractivity contribution < 1.29 is 0 Å². The molecular formula is C14H35N. The molecule has 0 aliphatic rings. The minimum absolute atomic E-state index is 0.770. The third-order valence-electron chi connectivity index (χ3n) is 2.14. The molecule has 0 saturated heterocycles. The summed E-state index contributed by atoms with van der Waals surface area (Å²) in [5, 5.41) is 3.49. The van der Waals surface area contributed by atoms with E-state index in [-0.39, 0.29) is 0 Å². The van der Waals surface area contributed by atoms with Gasteiger partial charge in [-0.15, -0.1) is 0 Å². The minimum atomic E-state index is 0.770. The summed E-state index contributed by atoms with van der Waals surface area (Å²) in [6, 6.07) is 0.770. The van der Waals surface area contributed by atoms with E-state index in [1.165, 1.54) is 32.1 Å². The number of hydrogen-bond acceptors (Lipinski definition) is 1. The Balaban J connectivity index is -0.000000318. The fourth-order valence-corrected chi connectivity index (χ4v) is 1.38. The van der Waals surface area contributed by atoms with Gasteiger partial charge in [-0.1, -0.05) is 67.7 Å². The second kappa shape index (κ2) is 23.6. The van der Waals surface area contributed by atoms with Crippen molar-refractivity contribution >= 4 is 0 Å². The molecule has 0 saturated carbocycles. The van der Waals surface area contributed by atoms with Crippen LogP contribution in [-0.2, 0) is 0 Å². The van der Waals surface area contributed by atoms with Crippen molar-refractivity contribution in [1.82, 2.24) is 5.32 Å². The molecule has 1 N–H and O–H groups in total. The highest BCUT2D eigenvalue weighted by Crippen LogP contribution is 2.05. The lowest BCUT2D eigenvalue weighted by atomic mass is 10.1. The second-order valence-electron chi connectivity index (χ2n) is 3.16. The van der Waals surface area contributed by atoms with Crippen molar-refractivity contribution in [2.24, 2.45) is 0 Å². The molecule has 0 rings (SSSR count). The summed E-state index contributed by atoms with van der Waals surface area (Å²) in [6.07, 6.45) is 6.75. The van der Waals surface area contributed by atoms with E-state index in [0.29, 0.717) is 0 Å². The standard InChI is InChI=1S/C10H23N.2C2H6/c1-4-7-8-9-10(5-2)11-6-3;2*1-2/h10-11H,4-9H2,1-3H3;2*1-2H3. The van der Waals surface area contributed by atoms with E-state index in [1.807, 2.05) is 27.7 Å². The largest absolute Gasteiger partial charge is 0.314 e. The van der Waals surface area contributed by atoms with Gasteiger partial charge in [-0.2, -0.15) is 0 Å². The molecule has 0 aromatic heterocycles. The highest BCUT2D eigenvalue weighted by molar-refractivity contribution is 4.62. The molecule has 0 fully saturated rings. The average molecular weight is 217 g/mol. The van der Waals surface area contributed by atoms with Gasteiger partial charge in [0, 0.05) is 6.04 Å². The number of unbranched alkanes of at least 4 members (excludes halogenated alkanes) is 2. The Hall–Kier alpha value is -0.0400. The highest BCUT2D eigenvalue weighted by Gasteiger charge is 2.01. The first kappa shape index (κ1) is 20.4. The molecule has 0 aromatic rings. The zero-order chi connectivity index (χ0) is 12.5. The molecule has 1 unspecified atom stereocenters. The van der Waals surface area contributed by atoms with Crippen LogP contribution in [0.1, 0.15) is 80.6 Å². The highest BCUT2D eigenvalue weighted by atomic mass is 14.9. The van der Waals surface area contributed by atoms with Crippen LogP contribution in [0, 0.1) is 0 Å². The maximum absolute atomic E-state index is 3.49. The fraction of sp³-hybridized carbons (Fsp3) is 1.00. The molecule has 0 aromatic carbocycles. The van der Waals surface area contributed by atoms with Crippen LogP contribution in [0.25, 0.3) is 0 Å². The number of rotatable bonds is 7. The molecular weight excluding hydrogens is 182 g/mol. The third-order valence-corrected chi connectivity index (χ3v) is 2.14. The molecule has 0 spiro atoms. The van der Waals surface area contributed by atoms with Crippen molar-refractivity contribution in [3.05, 3.63) is 0 Å². The summed E-state index contributed by atoms with van der Waals surface area (Å²) in [5.41, 5.74) is 0. The Kier molecular flexibility index (Phi) is 32.1. The monoisotopic (exact) mass is 217 g/mol. The first-order valence-electron chi connectivity index (χ1n) is 7.08. The molecule has 0 aliphatic heterocycles. The summed E-state index contributed by atoms with van der Waals surface area (Å²) in [5.74, 6) is 0. The van der Waals surface area contributed by atoms with Gasteiger partial charge in [-0.3, -0.25) is 0 Å². The van der Waals surface area contributed by atoms with E-state index in [2.05, 4.69) is 26.1 Å². The normalized spacial score (nSPS) is 10.6. The Morgan fingerprint density at radius 1 is 0.867 bits per heavy atom. The Morgan fingerprint density at radius 2 is 1.40 bits per heavy atom. The van der Waals surface area contributed by atoms with Crippen LogP contribution in [0.15, 0.2) is 0 Å². The van der Waals surface area contributed by atoms with Gasteiger partial charge in [-0.05, 0) is 19.4 Å². The van der Waals surface area contributed by atoms with Gasteiger partial charge in [0.25, 0.3) is 0 Å². The molecule has 0 amide bonds. The molecule has 0 bridgehead atoms. The van der Waals surface area contributed by atoms with Crippen LogP contribution in [0.5, 0.6) is 0 Å². The molecule has 1 heteroatoms. The average Bonchev–Trinajstić information content (AvgIpc) is 2.33. The quantitative estimate of drug-likeness (QED) is 0.591. The molecule has 0 radical (unpaired) electrons. The van der Waals surface area contributed by atoms with Gasteiger partial charge in [0.2, 0.25) is 0 Å². The number of hydrogen-bond donors (Lipinski definition) is 1. The van der Waals surface area contributed by atoms with Crippen LogP contribution < -0.4 is 5.32 Å². The van der Waals surface area contributed by atoms with Crippen molar-refractivity contribution in [3.8, 4) is 0 Å². The fourth-order valence-electron chi connectivity index (χ4n) is 1.38. The summed E-state index contributed by atoms with van der Waals surface area (Å²) in [4.78, 5) is 0. The lowest BCUT2D eigenvalue weighted by Crippen LogP contribution is -2.27. The van der Waals surface area contributed by atoms with E-state index < -0.39 is 0 Å².